The monoisotopic (exact) mass is 383 g/mol. The third-order valence-corrected chi connectivity index (χ3v) is 5.62. The molecule has 0 unspecified atom stereocenters. The Hall–Kier alpha value is -1.88. The summed E-state index contributed by atoms with van der Waals surface area (Å²) in [6.07, 6.45) is 1.63. The second-order valence-electron chi connectivity index (χ2n) is 7.51. The fraction of sp³-hybridized carbons (Fsp3) is 0.500. The smallest absolute Gasteiger partial charge is 0.119 e. The van der Waals surface area contributed by atoms with Crippen LogP contribution in [0.4, 0.5) is 0 Å². The fourth-order valence-corrected chi connectivity index (χ4v) is 4.17. The van der Waals surface area contributed by atoms with Crippen LogP contribution >= 0.6 is 0 Å². The van der Waals surface area contributed by atoms with Crippen molar-refractivity contribution < 1.29 is 14.6 Å². The topological polar surface area (TPSA) is 41.9 Å². The van der Waals surface area contributed by atoms with E-state index in [-0.39, 0.29) is 5.92 Å². The van der Waals surface area contributed by atoms with Crippen molar-refractivity contribution in [3.05, 3.63) is 65.7 Å². The molecule has 3 rings (SSSR count). The maximum Gasteiger partial charge on any atom is 0.119 e. The van der Waals surface area contributed by atoms with E-state index in [0.717, 1.165) is 50.6 Å². The maximum atomic E-state index is 12.0. The number of nitrogens with zero attached hydrogens (tertiary/aromatic N) is 1. The molecule has 0 bridgehead atoms. The minimum Gasteiger partial charge on any atom is -0.494 e. The Balaban J connectivity index is 1.96. The van der Waals surface area contributed by atoms with Gasteiger partial charge in [0.2, 0.25) is 0 Å². The van der Waals surface area contributed by atoms with E-state index >= 15 is 0 Å². The molecule has 2 atom stereocenters. The van der Waals surface area contributed by atoms with Crippen LogP contribution in [0.1, 0.15) is 43.7 Å². The molecule has 152 valence electrons. The van der Waals surface area contributed by atoms with Gasteiger partial charge < -0.3 is 14.6 Å². The number of benzene rings is 2. The highest BCUT2D eigenvalue weighted by Crippen LogP contribution is 2.42. The lowest BCUT2D eigenvalue weighted by Gasteiger charge is -2.41. The van der Waals surface area contributed by atoms with Crippen molar-refractivity contribution in [2.45, 2.75) is 38.2 Å². The zero-order chi connectivity index (χ0) is 19.8. The molecule has 0 spiro atoms. The molecule has 1 saturated heterocycles. The molecule has 4 nitrogen and oxygen atoms in total. The summed E-state index contributed by atoms with van der Waals surface area (Å²) < 4.78 is 11.1. The van der Waals surface area contributed by atoms with Gasteiger partial charge in [0.1, 0.15) is 5.75 Å². The fourth-order valence-electron chi connectivity index (χ4n) is 4.17. The van der Waals surface area contributed by atoms with Crippen LogP contribution in [0.25, 0.3) is 0 Å². The van der Waals surface area contributed by atoms with E-state index in [1.54, 1.807) is 0 Å². The number of aliphatic hydroxyl groups is 1. The van der Waals surface area contributed by atoms with Gasteiger partial charge in [-0.2, -0.15) is 0 Å². The van der Waals surface area contributed by atoms with Gasteiger partial charge in [0.25, 0.3) is 0 Å². The van der Waals surface area contributed by atoms with Crippen molar-refractivity contribution in [3.8, 4) is 5.75 Å². The van der Waals surface area contributed by atoms with Gasteiger partial charge in [0.05, 0.1) is 25.4 Å². The van der Waals surface area contributed by atoms with Crippen LogP contribution in [0, 0.1) is 0 Å². The zero-order valence-electron chi connectivity index (χ0n) is 17.1. The van der Waals surface area contributed by atoms with Gasteiger partial charge in [0, 0.05) is 25.6 Å². The summed E-state index contributed by atoms with van der Waals surface area (Å²) in [5, 5.41) is 12.0. The van der Waals surface area contributed by atoms with E-state index < -0.39 is 5.60 Å². The first kappa shape index (κ1) is 20.8. The third-order valence-electron chi connectivity index (χ3n) is 5.62. The van der Waals surface area contributed by atoms with Gasteiger partial charge in [-0.25, -0.2) is 0 Å². The summed E-state index contributed by atoms with van der Waals surface area (Å²) in [4.78, 5) is 2.41. The van der Waals surface area contributed by atoms with Gasteiger partial charge in [0.15, 0.2) is 0 Å². The lowest BCUT2D eigenvalue weighted by atomic mass is 9.74. The quantitative estimate of drug-likeness (QED) is 0.705. The van der Waals surface area contributed by atoms with Gasteiger partial charge in [-0.1, -0.05) is 55.8 Å². The Labute approximate surface area is 169 Å². The normalized spacial score (nSPS) is 18.4. The van der Waals surface area contributed by atoms with Gasteiger partial charge in [-0.15, -0.1) is 0 Å². The number of ether oxygens (including phenoxy) is 2. The molecule has 0 radical (unpaired) electrons. The minimum absolute atomic E-state index is 0.00954. The molecule has 1 aliphatic rings. The number of morpholine rings is 1. The summed E-state index contributed by atoms with van der Waals surface area (Å²) in [6, 6.07) is 18.4. The minimum atomic E-state index is -0.931. The highest BCUT2D eigenvalue weighted by Gasteiger charge is 2.39. The second kappa shape index (κ2) is 10.1. The van der Waals surface area contributed by atoms with Crippen molar-refractivity contribution >= 4 is 0 Å². The highest BCUT2D eigenvalue weighted by atomic mass is 16.5. The van der Waals surface area contributed by atoms with Crippen molar-refractivity contribution in [2.24, 2.45) is 0 Å². The first-order valence-electron chi connectivity index (χ1n) is 10.5. The van der Waals surface area contributed by atoms with E-state index in [1.807, 2.05) is 37.3 Å². The van der Waals surface area contributed by atoms with E-state index in [0.29, 0.717) is 13.0 Å². The molecule has 1 N–H and O–H groups in total. The zero-order valence-corrected chi connectivity index (χ0v) is 17.1. The molecule has 1 aliphatic heterocycles. The van der Waals surface area contributed by atoms with Crippen LogP contribution in [0.15, 0.2) is 54.6 Å². The Morgan fingerprint density at radius 2 is 1.71 bits per heavy atom. The molecule has 0 aliphatic carbocycles. The van der Waals surface area contributed by atoms with Crippen LogP contribution in [-0.2, 0) is 10.3 Å². The van der Waals surface area contributed by atoms with Crippen molar-refractivity contribution in [3.63, 3.8) is 0 Å². The van der Waals surface area contributed by atoms with E-state index in [1.165, 1.54) is 5.56 Å². The third kappa shape index (κ3) is 4.93. The molecule has 1 heterocycles. The van der Waals surface area contributed by atoms with Crippen molar-refractivity contribution in [2.75, 3.05) is 39.5 Å². The largest absolute Gasteiger partial charge is 0.494 e. The molecule has 2 aromatic carbocycles. The molecule has 4 heteroatoms. The van der Waals surface area contributed by atoms with Crippen LogP contribution in [0.2, 0.25) is 0 Å². The Morgan fingerprint density at radius 1 is 1.04 bits per heavy atom. The van der Waals surface area contributed by atoms with E-state index in [4.69, 9.17) is 9.47 Å². The van der Waals surface area contributed by atoms with E-state index in [2.05, 4.69) is 36.1 Å². The second-order valence-corrected chi connectivity index (χ2v) is 7.51. The van der Waals surface area contributed by atoms with Crippen LogP contribution in [0.3, 0.4) is 0 Å². The van der Waals surface area contributed by atoms with Crippen LogP contribution in [-0.4, -0.2) is 49.5 Å². The molecule has 1 fully saturated rings. The summed E-state index contributed by atoms with van der Waals surface area (Å²) in [5.74, 6) is 0.833. The SMILES string of the molecule is CCC[C@](O)(c1ccc(OCC)cc1)[C@@H](CN1CCOCC1)c1ccccc1. The first-order valence-corrected chi connectivity index (χ1v) is 10.5. The molecule has 2 aromatic rings. The summed E-state index contributed by atoms with van der Waals surface area (Å²) in [6.45, 7) is 8.92. The Morgan fingerprint density at radius 3 is 2.32 bits per heavy atom. The number of rotatable bonds is 9. The Bertz CT molecular complexity index is 698. The maximum absolute atomic E-state index is 12.0. The molecule has 28 heavy (non-hydrogen) atoms. The highest BCUT2D eigenvalue weighted by molar-refractivity contribution is 5.35. The Kier molecular flexibility index (Phi) is 7.49. The van der Waals surface area contributed by atoms with Crippen molar-refractivity contribution in [1.82, 2.24) is 4.90 Å². The summed E-state index contributed by atoms with van der Waals surface area (Å²) >= 11 is 0. The standard InChI is InChI=1S/C24H33NO3/c1-3-14-24(26,21-10-12-22(13-11-21)28-4-2)23(20-8-6-5-7-9-20)19-25-15-17-27-18-16-25/h5-13,23,26H,3-4,14-19H2,1-2H3/t23-,24-/m0/s1. The summed E-state index contributed by atoms with van der Waals surface area (Å²) in [5.41, 5.74) is 1.21. The average Bonchev–Trinajstić information content (AvgIpc) is 2.74. The number of hydrogen-bond donors (Lipinski definition) is 1. The predicted molar refractivity (Wildman–Crippen MR) is 113 cm³/mol. The average molecular weight is 384 g/mol. The van der Waals surface area contributed by atoms with Gasteiger partial charge >= 0.3 is 0 Å². The van der Waals surface area contributed by atoms with Crippen LogP contribution < -0.4 is 4.74 Å². The van der Waals surface area contributed by atoms with Gasteiger partial charge in [-0.3, -0.25) is 4.90 Å². The molecule has 0 amide bonds. The lowest BCUT2D eigenvalue weighted by molar-refractivity contribution is -0.0285. The van der Waals surface area contributed by atoms with E-state index in [9.17, 15) is 5.11 Å². The molecular formula is C24H33NO3. The summed E-state index contributed by atoms with van der Waals surface area (Å²) in [7, 11) is 0. The molecular weight excluding hydrogens is 350 g/mol. The lowest BCUT2D eigenvalue weighted by Crippen LogP contribution is -2.45. The van der Waals surface area contributed by atoms with Crippen LogP contribution in [0.5, 0.6) is 5.75 Å². The first-order chi connectivity index (χ1) is 13.7. The van der Waals surface area contributed by atoms with Crippen molar-refractivity contribution in [1.29, 1.82) is 0 Å². The molecule has 0 aromatic heterocycles. The van der Waals surface area contributed by atoms with Gasteiger partial charge in [-0.05, 0) is 36.6 Å². The molecule has 0 saturated carbocycles. The predicted octanol–water partition coefficient (Wildman–Crippen LogP) is 4.19. The number of hydrogen-bond acceptors (Lipinski definition) is 4.